The van der Waals surface area contributed by atoms with Crippen molar-refractivity contribution in [2.24, 2.45) is 0 Å². The van der Waals surface area contributed by atoms with Gasteiger partial charge in [-0.15, -0.1) is 0 Å². The molecule has 0 saturated carbocycles. The van der Waals surface area contributed by atoms with E-state index >= 15 is 0 Å². The fourth-order valence-electron chi connectivity index (χ4n) is 1.24. The van der Waals surface area contributed by atoms with E-state index in [2.05, 4.69) is 5.32 Å². The standard InChI is InChI=1S/C13H16N2O3/c1-13(2,12(17)18)15-11(16)7-6-9-4-3-5-10(14)8-9/h3-8H,14H2,1-2H3,(H,15,16)(H,17,18)/b7-6+. The minimum atomic E-state index is -1.29. The molecule has 5 nitrogen and oxygen atoms in total. The minimum absolute atomic E-state index is 0.468. The Kier molecular flexibility index (Phi) is 4.09. The molecular weight excluding hydrogens is 232 g/mol. The number of carbonyl (C=O) groups is 2. The van der Waals surface area contributed by atoms with Crippen molar-refractivity contribution in [3.8, 4) is 0 Å². The Morgan fingerprint density at radius 1 is 1.39 bits per heavy atom. The molecule has 0 fully saturated rings. The van der Waals surface area contributed by atoms with Gasteiger partial charge in [-0.25, -0.2) is 4.79 Å². The second kappa shape index (κ2) is 5.35. The van der Waals surface area contributed by atoms with Crippen LogP contribution in [0.3, 0.4) is 0 Å². The minimum Gasteiger partial charge on any atom is -0.480 e. The van der Waals surface area contributed by atoms with Gasteiger partial charge in [-0.1, -0.05) is 12.1 Å². The van der Waals surface area contributed by atoms with Gasteiger partial charge in [0.05, 0.1) is 0 Å². The molecule has 96 valence electrons. The lowest BCUT2D eigenvalue weighted by molar-refractivity contribution is -0.145. The highest BCUT2D eigenvalue weighted by atomic mass is 16.4. The van der Waals surface area contributed by atoms with Crippen LogP contribution in [0, 0.1) is 0 Å². The first-order valence-corrected chi connectivity index (χ1v) is 5.40. The van der Waals surface area contributed by atoms with Crippen LogP contribution in [0.4, 0.5) is 5.69 Å². The van der Waals surface area contributed by atoms with Crippen LogP contribution in [0.1, 0.15) is 19.4 Å². The second-order valence-corrected chi connectivity index (χ2v) is 4.42. The van der Waals surface area contributed by atoms with Crippen molar-refractivity contribution in [2.75, 3.05) is 5.73 Å². The highest BCUT2D eigenvalue weighted by molar-refractivity contribution is 5.95. The van der Waals surface area contributed by atoms with Gasteiger partial charge in [-0.2, -0.15) is 0 Å². The van der Waals surface area contributed by atoms with E-state index in [-0.39, 0.29) is 0 Å². The summed E-state index contributed by atoms with van der Waals surface area (Å²) < 4.78 is 0. The molecule has 0 unspecified atom stereocenters. The number of hydrogen-bond donors (Lipinski definition) is 3. The molecule has 0 aliphatic heterocycles. The lowest BCUT2D eigenvalue weighted by Crippen LogP contribution is -2.49. The Bertz CT molecular complexity index is 493. The van der Waals surface area contributed by atoms with Gasteiger partial charge >= 0.3 is 5.97 Å². The zero-order chi connectivity index (χ0) is 13.8. The van der Waals surface area contributed by atoms with Crippen LogP contribution in [0.5, 0.6) is 0 Å². The third-order valence-corrected chi connectivity index (χ3v) is 2.31. The lowest BCUT2D eigenvalue weighted by Gasteiger charge is -2.19. The predicted octanol–water partition coefficient (Wildman–Crippen LogP) is 1.26. The maximum absolute atomic E-state index is 11.5. The first-order valence-electron chi connectivity index (χ1n) is 5.40. The van der Waals surface area contributed by atoms with Crippen LogP contribution in [0.2, 0.25) is 0 Å². The normalized spacial score (nSPS) is 11.4. The van der Waals surface area contributed by atoms with E-state index in [1.807, 2.05) is 0 Å². The first kappa shape index (κ1) is 13.8. The molecule has 1 rings (SSSR count). The Balaban J connectivity index is 2.68. The fourth-order valence-corrected chi connectivity index (χ4v) is 1.24. The van der Waals surface area contributed by atoms with Crippen LogP contribution in [0.25, 0.3) is 6.08 Å². The van der Waals surface area contributed by atoms with Gasteiger partial charge in [0.2, 0.25) is 5.91 Å². The van der Waals surface area contributed by atoms with Gasteiger partial charge < -0.3 is 16.2 Å². The maximum Gasteiger partial charge on any atom is 0.328 e. The summed E-state index contributed by atoms with van der Waals surface area (Å²) in [5, 5.41) is 11.2. The third-order valence-electron chi connectivity index (χ3n) is 2.31. The van der Waals surface area contributed by atoms with Crippen molar-refractivity contribution >= 4 is 23.6 Å². The van der Waals surface area contributed by atoms with E-state index in [1.54, 1.807) is 30.3 Å². The molecule has 0 bridgehead atoms. The predicted molar refractivity (Wildman–Crippen MR) is 69.7 cm³/mol. The number of carbonyl (C=O) groups excluding carboxylic acids is 1. The Labute approximate surface area is 105 Å². The van der Waals surface area contributed by atoms with Crippen molar-refractivity contribution < 1.29 is 14.7 Å². The summed E-state index contributed by atoms with van der Waals surface area (Å²) in [5.74, 6) is -1.56. The molecule has 1 aromatic rings. The van der Waals surface area contributed by atoms with Crippen LogP contribution in [0.15, 0.2) is 30.3 Å². The molecule has 4 N–H and O–H groups in total. The van der Waals surface area contributed by atoms with Crippen molar-refractivity contribution in [1.29, 1.82) is 0 Å². The van der Waals surface area contributed by atoms with E-state index in [0.29, 0.717) is 5.69 Å². The molecule has 0 aliphatic carbocycles. The number of rotatable bonds is 4. The molecule has 5 heteroatoms. The third kappa shape index (κ3) is 3.93. The van der Waals surface area contributed by atoms with Gasteiger partial charge in [0.1, 0.15) is 5.54 Å². The maximum atomic E-state index is 11.5. The quantitative estimate of drug-likeness (QED) is 0.552. The number of carboxylic acid groups (broad SMARTS) is 1. The van der Waals surface area contributed by atoms with Crippen LogP contribution in [-0.4, -0.2) is 22.5 Å². The fraction of sp³-hybridized carbons (Fsp3) is 0.231. The number of amides is 1. The molecule has 0 atom stereocenters. The summed E-state index contributed by atoms with van der Waals surface area (Å²) in [7, 11) is 0. The number of anilines is 1. The van der Waals surface area contributed by atoms with Crippen molar-refractivity contribution in [1.82, 2.24) is 5.32 Å². The summed E-state index contributed by atoms with van der Waals surface area (Å²) in [6, 6.07) is 7.02. The summed E-state index contributed by atoms with van der Waals surface area (Å²) >= 11 is 0. The van der Waals surface area contributed by atoms with Crippen molar-refractivity contribution in [3.63, 3.8) is 0 Å². The zero-order valence-corrected chi connectivity index (χ0v) is 10.3. The molecular formula is C13H16N2O3. The monoisotopic (exact) mass is 248 g/mol. The summed E-state index contributed by atoms with van der Waals surface area (Å²) in [6.45, 7) is 2.84. The number of nitrogens with two attached hydrogens (primary N) is 1. The topological polar surface area (TPSA) is 92.4 Å². The van der Waals surface area contributed by atoms with Gasteiger partial charge in [0, 0.05) is 11.8 Å². The number of hydrogen-bond acceptors (Lipinski definition) is 3. The number of nitrogen functional groups attached to an aromatic ring is 1. The van der Waals surface area contributed by atoms with E-state index in [4.69, 9.17) is 10.8 Å². The van der Waals surface area contributed by atoms with E-state index in [1.165, 1.54) is 19.9 Å². The van der Waals surface area contributed by atoms with Gasteiger partial charge in [0.25, 0.3) is 0 Å². The summed E-state index contributed by atoms with van der Waals surface area (Å²) in [6.07, 6.45) is 2.85. The van der Waals surface area contributed by atoms with E-state index in [9.17, 15) is 9.59 Å². The van der Waals surface area contributed by atoms with E-state index < -0.39 is 17.4 Å². The van der Waals surface area contributed by atoms with Crippen LogP contribution >= 0.6 is 0 Å². The SMILES string of the molecule is CC(C)(NC(=O)/C=C/c1cccc(N)c1)C(=O)O. The molecule has 0 heterocycles. The number of carboxylic acids is 1. The van der Waals surface area contributed by atoms with Gasteiger partial charge in [0.15, 0.2) is 0 Å². The number of benzene rings is 1. The lowest BCUT2D eigenvalue weighted by atomic mass is 10.1. The molecule has 1 amide bonds. The Hall–Kier alpha value is -2.30. The second-order valence-electron chi connectivity index (χ2n) is 4.42. The van der Waals surface area contributed by atoms with Crippen molar-refractivity contribution in [3.05, 3.63) is 35.9 Å². The largest absolute Gasteiger partial charge is 0.480 e. The molecule has 0 saturated heterocycles. The average Bonchev–Trinajstić information content (AvgIpc) is 2.25. The molecule has 18 heavy (non-hydrogen) atoms. The first-order chi connectivity index (χ1) is 8.31. The van der Waals surface area contributed by atoms with Crippen LogP contribution < -0.4 is 11.1 Å². The highest BCUT2D eigenvalue weighted by Crippen LogP contribution is 2.08. The Morgan fingerprint density at radius 3 is 2.61 bits per heavy atom. The molecule has 0 aromatic heterocycles. The summed E-state index contributed by atoms with van der Waals surface area (Å²) in [4.78, 5) is 22.3. The molecule has 0 aliphatic rings. The van der Waals surface area contributed by atoms with Gasteiger partial charge in [-0.05, 0) is 37.6 Å². The highest BCUT2D eigenvalue weighted by Gasteiger charge is 2.27. The zero-order valence-electron chi connectivity index (χ0n) is 10.3. The molecule has 0 radical (unpaired) electrons. The number of aliphatic carboxylic acids is 1. The smallest absolute Gasteiger partial charge is 0.328 e. The average molecular weight is 248 g/mol. The number of nitrogens with one attached hydrogen (secondary N) is 1. The molecule has 0 spiro atoms. The van der Waals surface area contributed by atoms with Crippen LogP contribution in [-0.2, 0) is 9.59 Å². The Morgan fingerprint density at radius 2 is 2.06 bits per heavy atom. The van der Waals surface area contributed by atoms with E-state index in [0.717, 1.165) is 5.56 Å². The molecule has 1 aromatic carbocycles. The van der Waals surface area contributed by atoms with Gasteiger partial charge in [-0.3, -0.25) is 4.79 Å². The summed E-state index contributed by atoms with van der Waals surface area (Å²) in [5.41, 5.74) is 5.68. The van der Waals surface area contributed by atoms with Crippen molar-refractivity contribution in [2.45, 2.75) is 19.4 Å².